The third-order valence-electron chi connectivity index (χ3n) is 4.00. The molecule has 1 heterocycles. The lowest BCUT2D eigenvalue weighted by Crippen LogP contribution is -2.22. The number of hydrogen-bond donors (Lipinski definition) is 1. The summed E-state index contributed by atoms with van der Waals surface area (Å²) in [5.41, 5.74) is 8.59. The van der Waals surface area contributed by atoms with Crippen molar-refractivity contribution in [3.63, 3.8) is 0 Å². The van der Waals surface area contributed by atoms with Crippen LogP contribution in [0.25, 0.3) is 0 Å². The van der Waals surface area contributed by atoms with Crippen LogP contribution in [-0.2, 0) is 13.0 Å². The molecule has 110 valence electrons. The molecule has 1 aromatic heterocycles. The van der Waals surface area contributed by atoms with E-state index in [2.05, 4.69) is 6.07 Å². The van der Waals surface area contributed by atoms with Crippen molar-refractivity contribution >= 4 is 0 Å². The molecule has 1 aromatic carbocycles. The van der Waals surface area contributed by atoms with Gasteiger partial charge in [0.15, 0.2) is 0 Å². The number of rotatable bonds is 4. The second kappa shape index (κ2) is 6.14. The van der Waals surface area contributed by atoms with Crippen molar-refractivity contribution in [1.29, 1.82) is 0 Å². The van der Waals surface area contributed by atoms with E-state index in [1.807, 2.05) is 18.2 Å². The summed E-state index contributed by atoms with van der Waals surface area (Å²) >= 11 is 0. The average Bonchev–Trinajstić information content (AvgIpc) is 2.50. The van der Waals surface area contributed by atoms with Gasteiger partial charge >= 0.3 is 0 Å². The summed E-state index contributed by atoms with van der Waals surface area (Å²) in [6.45, 7) is 1.03. The summed E-state index contributed by atoms with van der Waals surface area (Å²) in [4.78, 5) is 11.6. The number of nitrogens with two attached hydrogens (primary N) is 1. The van der Waals surface area contributed by atoms with E-state index in [-0.39, 0.29) is 11.6 Å². The largest absolute Gasteiger partial charge is 0.491 e. The van der Waals surface area contributed by atoms with Crippen LogP contribution < -0.4 is 16.0 Å². The molecule has 0 saturated heterocycles. The van der Waals surface area contributed by atoms with Crippen LogP contribution in [-0.4, -0.2) is 11.2 Å². The van der Waals surface area contributed by atoms with Gasteiger partial charge in [0, 0.05) is 18.3 Å². The molecule has 0 amide bonds. The summed E-state index contributed by atoms with van der Waals surface area (Å²) in [6.07, 6.45) is 4.94. The molecule has 2 aromatic rings. The van der Waals surface area contributed by atoms with E-state index in [9.17, 15) is 4.79 Å². The van der Waals surface area contributed by atoms with Gasteiger partial charge in [-0.3, -0.25) is 4.79 Å². The maximum absolute atomic E-state index is 11.6. The predicted octanol–water partition coefficient (Wildman–Crippen LogP) is 2.26. The highest BCUT2D eigenvalue weighted by Crippen LogP contribution is 2.33. The molecule has 0 fully saturated rings. The van der Waals surface area contributed by atoms with E-state index < -0.39 is 0 Å². The zero-order chi connectivity index (χ0) is 14.7. The lowest BCUT2D eigenvalue weighted by atomic mass is 9.88. The molecule has 0 aliphatic heterocycles. The van der Waals surface area contributed by atoms with Crippen LogP contribution in [0.2, 0.25) is 0 Å². The van der Waals surface area contributed by atoms with Gasteiger partial charge in [-0.1, -0.05) is 18.2 Å². The Morgan fingerprint density at radius 2 is 2.14 bits per heavy atom. The Morgan fingerprint density at radius 3 is 3.00 bits per heavy atom. The number of fused-ring (bicyclic) bond motifs is 1. The molecule has 4 nitrogen and oxygen atoms in total. The number of ether oxygens (including phenoxy) is 1. The van der Waals surface area contributed by atoms with E-state index in [0.29, 0.717) is 13.2 Å². The highest BCUT2D eigenvalue weighted by atomic mass is 16.5. The molecule has 0 bridgehead atoms. The topological polar surface area (TPSA) is 57.2 Å². The van der Waals surface area contributed by atoms with Gasteiger partial charge in [-0.15, -0.1) is 0 Å². The zero-order valence-electron chi connectivity index (χ0n) is 12.0. The minimum atomic E-state index is -0.00165. The van der Waals surface area contributed by atoms with Gasteiger partial charge in [0.25, 0.3) is 5.56 Å². The Morgan fingerprint density at radius 1 is 1.24 bits per heavy atom. The molecule has 0 spiro atoms. The maximum atomic E-state index is 11.6. The number of benzene rings is 1. The monoisotopic (exact) mass is 284 g/mol. The van der Waals surface area contributed by atoms with Gasteiger partial charge in [-0.25, -0.2) is 0 Å². The highest BCUT2D eigenvalue weighted by molar-refractivity contribution is 5.43. The first kappa shape index (κ1) is 13.9. The normalized spacial score (nSPS) is 17.3. The third kappa shape index (κ3) is 3.00. The SMILES string of the molecule is NC1CCCc2c(OCCn3ccccc3=O)cccc21. The fraction of sp³-hybridized carbons (Fsp3) is 0.353. The molecular weight excluding hydrogens is 264 g/mol. The van der Waals surface area contributed by atoms with Gasteiger partial charge in [0.2, 0.25) is 0 Å². The number of pyridine rings is 1. The van der Waals surface area contributed by atoms with Crippen molar-refractivity contribution in [3.05, 3.63) is 64.1 Å². The molecule has 21 heavy (non-hydrogen) atoms. The first-order valence-electron chi connectivity index (χ1n) is 7.41. The highest BCUT2D eigenvalue weighted by Gasteiger charge is 2.19. The molecule has 2 N–H and O–H groups in total. The Kier molecular flexibility index (Phi) is 4.06. The van der Waals surface area contributed by atoms with E-state index in [1.54, 1.807) is 22.9 Å². The molecule has 0 saturated carbocycles. The Labute approximate surface area is 124 Å². The predicted molar refractivity (Wildman–Crippen MR) is 82.5 cm³/mol. The molecular formula is C17H20N2O2. The van der Waals surface area contributed by atoms with Crippen molar-refractivity contribution in [3.8, 4) is 5.75 Å². The molecule has 4 heteroatoms. The molecule has 3 rings (SSSR count). The van der Waals surface area contributed by atoms with Crippen molar-refractivity contribution < 1.29 is 4.74 Å². The Hall–Kier alpha value is -2.07. The first-order valence-corrected chi connectivity index (χ1v) is 7.41. The van der Waals surface area contributed by atoms with Crippen LogP contribution in [0.1, 0.15) is 30.0 Å². The van der Waals surface area contributed by atoms with Crippen LogP contribution in [0.15, 0.2) is 47.4 Å². The number of aromatic nitrogens is 1. The zero-order valence-corrected chi connectivity index (χ0v) is 12.0. The van der Waals surface area contributed by atoms with Crippen LogP contribution in [0.5, 0.6) is 5.75 Å². The van der Waals surface area contributed by atoms with E-state index >= 15 is 0 Å². The van der Waals surface area contributed by atoms with Gasteiger partial charge in [-0.2, -0.15) is 0 Å². The third-order valence-corrected chi connectivity index (χ3v) is 4.00. The quantitative estimate of drug-likeness (QED) is 0.937. The lowest BCUT2D eigenvalue weighted by molar-refractivity contribution is 0.291. The fourth-order valence-corrected chi connectivity index (χ4v) is 2.89. The van der Waals surface area contributed by atoms with Crippen LogP contribution in [0, 0.1) is 0 Å². The minimum Gasteiger partial charge on any atom is -0.491 e. The summed E-state index contributed by atoms with van der Waals surface area (Å²) in [6, 6.07) is 11.4. The van der Waals surface area contributed by atoms with E-state index in [1.165, 1.54) is 11.1 Å². The Balaban J connectivity index is 1.70. The molecule has 1 aliphatic carbocycles. The van der Waals surface area contributed by atoms with Gasteiger partial charge < -0.3 is 15.0 Å². The van der Waals surface area contributed by atoms with E-state index in [0.717, 1.165) is 25.0 Å². The van der Waals surface area contributed by atoms with Crippen molar-refractivity contribution in [2.75, 3.05) is 6.61 Å². The van der Waals surface area contributed by atoms with Crippen LogP contribution in [0.3, 0.4) is 0 Å². The summed E-state index contributed by atoms with van der Waals surface area (Å²) < 4.78 is 7.55. The molecule has 1 aliphatic rings. The molecule has 0 radical (unpaired) electrons. The average molecular weight is 284 g/mol. The van der Waals surface area contributed by atoms with Crippen LogP contribution >= 0.6 is 0 Å². The van der Waals surface area contributed by atoms with Crippen molar-refractivity contribution in [2.45, 2.75) is 31.8 Å². The van der Waals surface area contributed by atoms with Crippen molar-refractivity contribution in [1.82, 2.24) is 4.57 Å². The standard InChI is InChI=1S/C17H20N2O2/c18-15-7-3-6-14-13(15)5-4-8-16(14)21-12-11-19-10-2-1-9-17(19)20/h1-2,4-5,8-10,15H,3,6-7,11-12,18H2. The van der Waals surface area contributed by atoms with E-state index in [4.69, 9.17) is 10.5 Å². The van der Waals surface area contributed by atoms with Gasteiger partial charge in [-0.05, 0) is 42.5 Å². The van der Waals surface area contributed by atoms with Crippen LogP contribution in [0.4, 0.5) is 0 Å². The number of nitrogens with zero attached hydrogens (tertiary/aromatic N) is 1. The Bertz CT molecular complexity index is 678. The maximum Gasteiger partial charge on any atom is 0.250 e. The smallest absolute Gasteiger partial charge is 0.250 e. The summed E-state index contributed by atoms with van der Waals surface area (Å²) in [7, 11) is 0. The lowest BCUT2D eigenvalue weighted by Gasteiger charge is -2.24. The number of hydrogen-bond acceptors (Lipinski definition) is 3. The minimum absolute atomic E-state index is 0.00165. The van der Waals surface area contributed by atoms with Gasteiger partial charge in [0.05, 0.1) is 6.54 Å². The summed E-state index contributed by atoms with van der Waals surface area (Å²) in [5.74, 6) is 0.909. The second-order valence-electron chi connectivity index (χ2n) is 5.40. The summed E-state index contributed by atoms with van der Waals surface area (Å²) in [5, 5.41) is 0. The second-order valence-corrected chi connectivity index (χ2v) is 5.40. The van der Waals surface area contributed by atoms with Gasteiger partial charge in [0.1, 0.15) is 12.4 Å². The molecule has 1 atom stereocenters. The first-order chi connectivity index (χ1) is 10.3. The fourth-order valence-electron chi connectivity index (χ4n) is 2.89. The van der Waals surface area contributed by atoms with Crippen molar-refractivity contribution in [2.24, 2.45) is 5.73 Å². The molecule has 1 unspecified atom stereocenters.